The van der Waals surface area contributed by atoms with E-state index >= 15 is 0 Å². The highest BCUT2D eigenvalue weighted by Crippen LogP contribution is 2.30. The molecule has 1 aliphatic rings. The zero-order valence-electron chi connectivity index (χ0n) is 15.3. The Labute approximate surface area is 170 Å². The number of aryl methyl sites for hydroxylation is 1. The molecule has 0 fully saturated rings. The first-order valence-electron chi connectivity index (χ1n) is 8.75. The molecule has 29 heavy (non-hydrogen) atoms. The Kier molecular flexibility index (Phi) is 4.56. The molecule has 2 N–H and O–H groups in total. The number of nitrogens with zero attached hydrogens (tertiary/aromatic N) is 1. The average Bonchev–Trinajstić information content (AvgIpc) is 2.69. The Balaban J connectivity index is 1.99. The summed E-state index contributed by atoms with van der Waals surface area (Å²) in [6.45, 7) is 1.74. The van der Waals surface area contributed by atoms with E-state index in [1.165, 1.54) is 18.2 Å². The molecule has 6 nitrogen and oxygen atoms in total. The van der Waals surface area contributed by atoms with E-state index < -0.39 is 17.1 Å². The fourth-order valence-corrected chi connectivity index (χ4v) is 3.45. The van der Waals surface area contributed by atoms with Gasteiger partial charge < -0.3 is 5.11 Å². The summed E-state index contributed by atoms with van der Waals surface area (Å²) in [5.41, 5.74) is 0.884. The number of carbonyl (C=O) groups excluding carboxylic acids is 1. The van der Waals surface area contributed by atoms with Gasteiger partial charge in [0.05, 0.1) is 5.69 Å². The number of H-pyrrole nitrogens is 1. The largest absolute Gasteiger partial charge is 0.494 e. The van der Waals surface area contributed by atoms with Crippen molar-refractivity contribution in [3.05, 3.63) is 96.7 Å². The second-order valence-corrected chi connectivity index (χ2v) is 7.04. The lowest BCUT2D eigenvalue weighted by molar-refractivity contribution is -0.109. The van der Waals surface area contributed by atoms with Crippen molar-refractivity contribution < 1.29 is 9.90 Å². The SMILES string of the molecule is Cc1ccc(Cl)cc1-n1c(O)c(C=C2C(=O)C=Cc3ccccc32)c(=O)[nH]c1=O. The highest BCUT2D eigenvalue weighted by atomic mass is 35.5. The van der Waals surface area contributed by atoms with Gasteiger partial charge in [0.2, 0.25) is 5.88 Å². The van der Waals surface area contributed by atoms with Crippen LogP contribution in [0.3, 0.4) is 0 Å². The Morgan fingerprint density at radius 1 is 1.07 bits per heavy atom. The number of hydrogen-bond donors (Lipinski definition) is 2. The summed E-state index contributed by atoms with van der Waals surface area (Å²) in [6.07, 6.45) is 4.39. The molecule has 0 atom stereocenters. The third-order valence-electron chi connectivity index (χ3n) is 4.75. The summed E-state index contributed by atoms with van der Waals surface area (Å²) in [5, 5.41) is 11.2. The van der Waals surface area contributed by atoms with Gasteiger partial charge in [0.25, 0.3) is 5.56 Å². The van der Waals surface area contributed by atoms with Crippen LogP contribution in [0.5, 0.6) is 5.88 Å². The lowest BCUT2D eigenvalue weighted by atomic mass is 9.90. The summed E-state index contributed by atoms with van der Waals surface area (Å²) < 4.78 is 0.962. The van der Waals surface area contributed by atoms with E-state index in [2.05, 4.69) is 4.98 Å². The van der Waals surface area contributed by atoms with Crippen LogP contribution >= 0.6 is 11.6 Å². The van der Waals surface area contributed by atoms with Crippen LogP contribution in [-0.2, 0) is 4.79 Å². The van der Waals surface area contributed by atoms with Crippen LogP contribution in [-0.4, -0.2) is 20.4 Å². The number of allylic oxidation sites excluding steroid dienone is 2. The first kappa shape index (κ1) is 18.7. The van der Waals surface area contributed by atoms with Gasteiger partial charge >= 0.3 is 5.69 Å². The van der Waals surface area contributed by atoms with Crippen molar-refractivity contribution in [1.29, 1.82) is 0 Å². The second-order valence-electron chi connectivity index (χ2n) is 6.61. The van der Waals surface area contributed by atoms with Crippen LogP contribution in [0.1, 0.15) is 22.3 Å². The minimum absolute atomic E-state index is 0.197. The molecule has 1 heterocycles. The number of aromatic hydroxyl groups is 1. The summed E-state index contributed by atoms with van der Waals surface area (Å²) in [5.74, 6) is -0.879. The number of hydrogen-bond acceptors (Lipinski definition) is 4. The van der Waals surface area contributed by atoms with Crippen molar-refractivity contribution in [3.8, 4) is 11.6 Å². The molecule has 0 unspecified atom stereocenters. The molecule has 0 saturated heterocycles. The van der Waals surface area contributed by atoms with Crippen LogP contribution in [0.25, 0.3) is 23.4 Å². The number of rotatable bonds is 2. The zero-order chi connectivity index (χ0) is 20.7. The number of ketones is 1. The molecule has 0 aliphatic heterocycles. The number of aromatic nitrogens is 2. The molecule has 0 amide bonds. The normalized spacial score (nSPS) is 14.3. The van der Waals surface area contributed by atoms with Gasteiger partial charge in [0.1, 0.15) is 5.56 Å². The highest BCUT2D eigenvalue weighted by molar-refractivity contribution is 6.33. The molecule has 0 bridgehead atoms. The number of benzene rings is 2. The molecule has 2 aromatic carbocycles. The number of halogens is 1. The van der Waals surface area contributed by atoms with Crippen molar-refractivity contribution in [2.24, 2.45) is 0 Å². The maximum atomic E-state index is 12.5. The van der Waals surface area contributed by atoms with E-state index in [9.17, 15) is 19.5 Å². The van der Waals surface area contributed by atoms with E-state index in [-0.39, 0.29) is 16.9 Å². The zero-order valence-corrected chi connectivity index (χ0v) is 16.0. The van der Waals surface area contributed by atoms with Gasteiger partial charge in [-0.1, -0.05) is 48.0 Å². The molecule has 144 valence electrons. The Bertz CT molecular complexity index is 1350. The number of carbonyl (C=O) groups is 1. The fourth-order valence-electron chi connectivity index (χ4n) is 3.28. The maximum absolute atomic E-state index is 12.5. The van der Waals surface area contributed by atoms with Crippen molar-refractivity contribution in [2.75, 3.05) is 0 Å². The van der Waals surface area contributed by atoms with Crippen LogP contribution in [0.4, 0.5) is 0 Å². The van der Waals surface area contributed by atoms with Crippen LogP contribution in [0, 0.1) is 6.92 Å². The van der Waals surface area contributed by atoms with Gasteiger partial charge in [-0.05, 0) is 47.9 Å². The monoisotopic (exact) mass is 406 g/mol. The summed E-state index contributed by atoms with van der Waals surface area (Å²) in [4.78, 5) is 39.6. The smallest absolute Gasteiger partial charge is 0.335 e. The molecule has 3 aromatic rings. The maximum Gasteiger partial charge on any atom is 0.335 e. The molecule has 1 aliphatic carbocycles. The van der Waals surface area contributed by atoms with Crippen molar-refractivity contribution in [2.45, 2.75) is 6.92 Å². The van der Waals surface area contributed by atoms with Crippen molar-refractivity contribution >= 4 is 35.1 Å². The van der Waals surface area contributed by atoms with Gasteiger partial charge in [-0.15, -0.1) is 0 Å². The number of fused-ring (bicyclic) bond motifs is 1. The molecule has 0 spiro atoms. The molecule has 0 radical (unpaired) electrons. The topological polar surface area (TPSA) is 92.2 Å². The molecule has 0 saturated carbocycles. The van der Waals surface area contributed by atoms with Crippen LogP contribution in [0.2, 0.25) is 5.02 Å². The molecule has 1 aromatic heterocycles. The standard InChI is InChI=1S/C22H15ClN2O4/c1-12-6-8-14(23)10-18(12)25-21(28)17(20(27)24-22(25)29)11-16-15-5-3-2-4-13(15)7-9-19(16)26/h2-11,28H,1H3,(H,24,27,29). The van der Waals surface area contributed by atoms with E-state index in [1.807, 2.05) is 12.1 Å². The Morgan fingerprint density at radius 2 is 1.83 bits per heavy atom. The minimum Gasteiger partial charge on any atom is -0.494 e. The van der Waals surface area contributed by atoms with E-state index in [4.69, 9.17) is 11.6 Å². The van der Waals surface area contributed by atoms with Crippen LogP contribution < -0.4 is 11.2 Å². The Morgan fingerprint density at radius 3 is 2.62 bits per heavy atom. The predicted octanol–water partition coefficient (Wildman–Crippen LogP) is 3.33. The van der Waals surface area contributed by atoms with E-state index in [0.717, 1.165) is 10.1 Å². The highest BCUT2D eigenvalue weighted by Gasteiger charge is 2.21. The van der Waals surface area contributed by atoms with Gasteiger partial charge in [0, 0.05) is 10.6 Å². The van der Waals surface area contributed by atoms with Gasteiger partial charge in [-0.25, -0.2) is 9.36 Å². The second kappa shape index (κ2) is 7.07. The molecular weight excluding hydrogens is 392 g/mol. The van der Waals surface area contributed by atoms with Crippen LogP contribution in [0.15, 0.2) is 58.1 Å². The fraction of sp³-hybridized carbons (Fsp3) is 0.0455. The van der Waals surface area contributed by atoms with Gasteiger partial charge in [0.15, 0.2) is 5.78 Å². The quantitative estimate of drug-likeness (QED) is 0.638. The number of nitrogens with one attached hydrogen (secondary N) is 1. The average molecular weight is 407 g/mol. The third kappa shape index (κ3) is 3.23. The summed E-state index contributed by atoms with van der Waals surface area (Å²) in [6, 6.07) is 12.1. The lowest BCUT2D eigenvalue weighted by Gasteiger charge is -2.15. The summed E-state index contributed by atoms with van der Waals surface area (Å²) in [7, 11) is 0. The van der Waals surface area contributed by atoms with Crippen molar-refractivity contribution in [1.82, 2.24) is 9.55 Å². The predicted molar refractivity (Wildman–Crippen MR) is 112 cm³/mol. The molecule has 4 rings (SSSR count). The van der Waals surface area contributed by atoms with E-state index in [1.54, 1.807) is 37.3 Å². The Hall–Kier alpha value is -3.64. The third-order valence-corrected chi connectivity index (χ3v) is 4.99. The lowest BCUT2D eigenvalue weighted by Crippen LogP contribution is -2.31. The first-order valence-corrected chi connectivity index (χ1v) is 9.13. The first-order chi connectivity index (χ1) is 13.9. The minimum atomic E-state index is -0.810. The van der Waals surface area contributed by atoms with Crippen molar-refractivity contribution in [3.63, 3.8) is 0 Å². The van der Waals surface area contributed by atoms with Gasteiger partial charge in [-0.3, -0.25) is 14.6 Å². The van der Waals surface area contributed by atoms with E-state index in [0.29, 0.717) is 21.8 Å². The summed E-state index contributed by atoms with van der Waals surface area (Å²) >= 11 is 6.04. The molecule has 7 heteroatoms. The number of aromatic amines is 1. The van der Waals surface area contributed by atoms with Gasteiger partial charge in [-0.2, -0.15) is 0 Å². The molecular formula is C22H15ClN2O4.